The van der Waals surface area contributed by atoms with Crippen LogP contribution in [0.1, 0.15) is 22.3 Å². The Morgan fingerprint density at radius 3 is 1.73 bits per heavy atom. The van der Waals surface area contributed by atoms with Crippen molar-refractivity contribution in [1.82, 2.24) is 9.97 Å². The average molecular weight is 436 g/mol. The van der Waals surface area contributed by atoms with Gasteiger partial charge < -0.3 is 4.18 Å². The maximum Gasteiger partial charge on any atom is 0.534 e. The van der Waals surface area contributed by atoms with Crippen molar-refractivity contribution in [3.05, 3.63) is 64.8 Å². The van der Waals surface area contributed by atoms with Crippen LogP contribution in [0.2, 0.25) is 0 Å². The Kier molecular flexibility index (Phi) is 5.60. The van der Waals surface area contributed by atoms with Crippen LogP contribution in [0.5, 0.6) is 5.88 Å². The first-order valence-corrected chi connectivity index (χ1v) is 10.3. The molecule has 158 valence electrons. The van der Waals surface area contributed by atoms with Crippen molar-refractivity contribution in [1.29, 1.82) is 0 Å². The summed E-state index contributed by atoms with van der Waals surface area (Å²) in [6, 6.07) is 10.9. The summed E-state index contributed by atoms with van der Waals surface area (Å²) in [6.07, 6.45) is 1.20. The van der Waals surface area contributed by atoms with Gasteiger partial charge in [-0.1, -0.05) is 34.4 Å². The minimum atomic E-state index is -5.89. The average Bonchev–Trinajstić information content (AvgIpc) is 2.59. The molecule has 30 heavy (non-hydrogen) atoms. The third kappa shape index (κ3) is 4.62. The van der Waals surface area contributed by atoms with E-state index in [1.165, 1.54) is 6.20 Å². The predicted molar refractivity (Wildman–Crippen MR) is 107 cm³/mol. The second-order valence-corrected chi connectivity index (χ2v) is 8.68. The summed E-state index contributed by atoms with van der Waals surface area (Å²) in [6.45, 7) is 7.43. The molecule has 0 aliphatic heterocycles. The highest BCUT2D eigenvalue weighted by molar-refractivity contribution is 7.88. The summed E-state index contributed by atoms with van der Waals surface area (Å²) in [4.78, 5) is 8.31. The summed E-state index contributed by atoms with van der Waals surface area (Å²) in [5.74, 6) is -0.731. The summed E-state index contributed by atoms with van der Waals surface area (Å²) in [5.41, 5.74) is -0.588. The quantitative estimate of drug-likeness (QED) is 0.412. The van der Waals surface area contributed by atoms with Crippen molar-refractivity contribution >= 4 is 10.1 Å². The van der Waals surface area contributed by atoms with Crippen molar-refractivity contribution in [2.45, 2.75) is 33.2 Å². The van der Waals surface area contributed by atoms with E-state index in [1.807, 2.05) is 52.0 Å². The lowest BCUT2D eigenvalue weighted by atomic mass is 10.0. The molecule has 9 heteroatoms. The molecule has 2 aromatic carbocycles. The zero-order valence-electron chi connectivity index (χ0n) is 16.7. The van der Waals surface area contributed by atoms with Crippen molar-refractivity contribution in [2.24, 2.45) is 0 Å². The fourth-order valence-electron chi connectivity index (χ4n) is 3.15. The SMILES string of the molecule is Cc1cc(C)cc(-c2cnc(OS(=O)(=O)C(F)(F)F)c(-c3cc(C)cc(C)c3)n2)c1. The number of halogens is 3. The number of alkyl halides is 3. The molecule has 0 fully saturated rings. The Bertz CT molecular complexity index is 1180. The largest absolute Gasteiger partial charge is 0.534 e. The molecule has 0 aliphatic carbocycles. The minimum Gasteiger partial charge on any atom is -0.353 e. The highest BCUT2D eigenvalue weighted by Crippen LogP contribution is 2.34. The van der Waals surface area contributed by atoms with E-state index in [0.29, 0.717) is 16.8 Å². The standard InChI is InChI=1S/C21H19F3N2O3S/c1-12-5-13(2)8-16(7-12)18-11-25-20(29-30(27,28)21(22,23)24)19(26-18)17-9-14(3)6-15(4)10-17/h5-11H,1-4H3. The molecule has 1 aromatic heterocycles. The van der Waals surface area contributed by atoms with E-state index in [1.54, 1.807) is 12.1 Å². The Balaban J connectivity index is 2.22. The first kappa shape index (κ1) is 21.8. The van der Waals surface area contributed by atoms with Crippen LogP contribution in [-0.4, -0.2) is 23.9 Å². The lowest BCUT2D eigenvalue weighted by Crippen LogP contribution is -2.28. The number of aromatic nitrogens is 2. The molecule has 0 saturated heterocycles. The first-order valence-electron chi connectivity index (χ1n) is 8.91. The second kappa shape index (κ2) is 7.71. The van der Waals surface area contributed by atoms with Crippen molar-refractivity contribution < 1.29 is 25.8 Å². The molecule has 0 aliphatic rings. The molecule has 5 nitrogen and oxygen atoms in total. The lowest BCUT2D eigenvalue weighted by Gasteiger charge is -2.14. The Hall–Kier alpha value is -2.94. The van der Waals surface area contributed by atoms with E-state index in [9.17, 15) is 21.6 Å². The van der Waals surface area contributed by atoms with Crippen LogP contribution in [0.25, 0.3) is 22.5 Å². The van der Waals surface area contributed by atoms with Gasteiger partial charge in [-0.05, 0) is 52.0 Å². The van der Waals surface area contributed by atoms with Crippen LogP contribution < -0.4 is 4.18 Å². The van der Waals surface area contributed by atoms with Gasteiger partial charge in [0.1, 0.15) is 5.69 Å². The minimum absolute atomic E-state index is 0.0914. The Morgan fingerprint density at radius 2 is 1.27 bits per heavy atom. The van der Waals surface area contributed by atoms with E-state index >= 15 is 0 Å². The molecule has 3 rings (SSSR count). The van der Waals surface area contributed by atoms with E-state index in [-0.39, 0.29) is 5.69 Å². The first-order chi connectivity index (χ1) is 13.9. The molecule has 0 N–H and O–H groups in total. The third-order valence-corrected chi connectivity index (χ3v) is 5.17. The maximum atomic E-state index is 12.9. The smallest absolute Gasteiger partial charge is 0.353 e. The fraction of sp³-hybridized carbons (Fsp3) is 0.238. The van der Waals surface area contributed by atoms with E-state index in [0.717, 1.165) is 22.3 Å². The fourth-order valence-corrected chi connectivity index (χ4v) is 3.58. The Morgan fingerprint density at radius 1 is 0.800 bits per heavy atom. The zero-order valence-corrected chi connectivity index (χ0v) is 17.5. The second-order valence-electron chi connectivity index (χ2n) is 7.14. The van der Waals surface area contributed by atoms with Crippen LogP contribution in [0.4, 0.5) is 13.2 Å². The van der Waals surface area contributed by atoms with Crippen molar-refractivity contribution in [3.63, 3.8) is 0 Å². The van der Waals surface area contributed by atoms with Gasteiger partial charge in [0.2, 0.25) is 0 Å². The molecule has 0 saturated carbocycles. The van der Waals surface area contributed by atoms with Crippen LogP contribution in [0, 0.1) is 27.7 Å². The summed E-state index contributed by atoms with van der Waals surface area (Å²) >= 11 is 0. The number of rotatable bonds is 4. The van der Waals surface area contributed by atoms with Crippen molar-refractivity contribution in [3.8, 4) is 28.4 Å². The highest BCUT2D eigenvalue weighted by atomic mass is 32.2. The van der Waals surface area contributed by atoms with Gasteiger partial charge in [0.05, 0.1) is 11.9 Å². The number of nitrogens with zero attached hydrogens (tertiary/aromatic N) is 2. The topological polar surface area (TPSA) is 69.2 Å². The van der Waals surface area contributed by atoms with Gasteiger partial charge in [-0.3, -0.25) is 0 Å². The molecule has 0 spiro atoms. The van der Waals surface area contributed by atoms with Crippen LogP contribution in [-0.2, 0) is 10.1 Å². The summed E-state index contributed by atoms with van der Waals surface area (Å²) < 4.78 is 66.0. The van der Waals surface area contributed by atoms with Crippen molar-refractivity contribution in [2.75, 3.05) is 0 Å². The molecule has 0 atom stereocenters. The predicted octanol–water partition coefficient (Wildman–Crippen LogP) is 5.27. The van der Waals surface area contributed by atoms with Gasteiger partial charge in [-0.25, -0.2) is 9.97 Å². The maximum absolute atomic E-state index is 12.9. The lowest BCUT2D eigenvalue weighted by molar-refractivity contribution is -0.0501. The van der Waals surface area contributed by atoms with Crippen LogP contribution in [0.3, 0.4) is 0 Å². The Labute approximate surface area is 172 Å². The number of hydrogen-bond acceptors (Lipinski definition) is 5. The highest BCUT2D eigenvalue weighted by Gasteiger charge is 2.49. The van der Waals surface area contributed by atoms with Gasteiger partial charge in [-0.15, -0.1) is 0 Å². The van der Waals surface area contributed by atoms with Gasteiger partial charge in [-0.2, -0.15) is 21.6 Å². The number of hydrogen-bond donors (Lipinski definition) is 0. The molecule has 3 aromatic rings. The summed E-state index contributed by atoms with van der Waals surface area (Å²) in [7, 11) is -5.89. The zero-order chi connectivity index (χ0) is 22.3. The van der Waals surface area contributed by atoms with Gasteiger partial charge in [0.15, 0.2) is 0 Å². The van der Waals surface area contributed by atoms with E-state index in [2.05, 4.69) is 14.2 Å². The van der Waals surface area contributed by atoms with Crippen LogP contribution >= 0.6 is 0 Å². The number of benzene rings is 2. The third-order valence-electron chi connectivity index (χ3n) is 4.22. The van der Waals surface area contributed by atoms with Gasteiger partial charge in [0, 0.05) is 11.1 Å². The number of aryl methyl sites for hydroxylation is 4. The molecule has 0 unspecified atom stereocenters. The normalized spacial score (nSPS) is 12.1. The van der Waals surface area contributed by atoms with Gasteiger partial charge >= 0.3 is 15.6 Å². The van der Waals surface area contributed by atoms with Gasteiger partial charge in [0.25, 0.3) is 5.88 Å². The molecule has 0 bridgehead atoms. The molecule has 1 heterocycles. The molecule has 0 amide bonds. The van der Waals surface area contributed by atoms with E-state index in [4.69, 9.17) is 0 Å². The van der Waals surface area contributed by atoms with E-state index < -0.39 is 21.5 Å². The molecular weight excluding hydrogens is 417 g/mol. The molecule has 0 radical (unpaired) electrons. The summed E-state index contributed by atoms with van der Waals surface area (Å²) in [5, 5.41) is 0. The van der Waals surface area contributed by atoms with Crippen LogP contribution in [0.15, 0.2) is 42.6 Å². The monoisotopic (exact) mass is 436 g/mol. The molecular formula is C21H19F3N2O3S.